The Balaban J connectivity index is 1.94. The largest absolute Gasteiger partial charge is 0.481 e. The van der Waals surface area contributed by atoms with Crippen molar-refractivity contribution in [2.45, 2.75) is 25.2 Å². The first-order chi connectivity index (χ1) is 10.5. The van der Waals surface area contributed by atoms with Crippen molar-refractivity contribution in [2.75, 3.05) is 6.54 Å². The first-order valence-corrected chi connectivity index (χ1v) is 7.10. The van der Waals surface area contributed by atoms with E-state index in [4.69, 9.17) is 4.42 Å². The van der Waals surface area contributed by atoms with Crippen LogP contribution in [0.5, 0.6) is 0 Å². The minimum Gasteiger partial charge on any atom is -0.481 e. The lowest BCUT2D eigenvalue weighted by molar-refractivity contribution is -0.143. The summed E-state index contributed by atoms with van der Waals surface area (Å²) in [7, 11) is 0. The van der Waals surface area contributed by atoms with E-state index in [2.05, 4.69) is 5.32 Å². The third kappa shape index (κ3) is 3.75. The summed E-state index contributed by atoms with van der Waals surface area (Å²) in [5.41, 5.74) is -0.490. The molecule has 116 valence electrons. The van der Waals surface area contributed by atoms with Crippen LogP contribution in [0, 0.1) is 0 Å². The van der Waals surface area contributed by atoms with Crippen LogP contribution in [-0.2, 0) is 21.4 Å². The van der Waals surface area contributed by atoms with Gasteiger partial charge >= 0.3 is 5.97 Å². The highest BCUT2D eigenvalue weighted by Crippen LogP contribution is 2.23. The number of nitrogens with one attached hydrogen (secondary N) is 1. The lowest BCUT2D eigenvalue weighted by Gasteiger charge is -2.25. The summed E-state index contributed by atoms with van der Waals surface area (Å²) in [6.45, 7) is 1.65. The van der Waals surface area contributed by atoms with Gasteiger partial charge in [0, 0.05) is 19.4 Å². The second-order valence-corrected chi connectivity index (χ2v) is 5.36. The summed E-state index contributed by atoms with van der Waals surface area (Å²) < 4.78 is 5.16. The quantitative estimate of drug-likeness (QED) is 0.823. The van der Waals surface area contributed by atoms with Gasteiger partial charge in [0.25, 0.3) is 0 Å². The molecular weight excluding hydrogens is 282 g/mol. The monoisotopic (exact) mass is 301 g/mol. The van der Waals surface area contributed by atoms with Gasteiger partial charge in [0.2, 0.25) is 5.91 Å². The molecule has 2 N–H and O–H groups in total. The zero-order chi connectivity index (χ0) is 16.0. The highest BCUT2D eigenvalue weighted by molar-refractivity contribution is 5.83. The van der Waals surface area contributed by atoms with E-state index in [0.717, 1.165) is 5.76 Å². The van der Waals surface area contributed by atoms with E-state index in [1.807, 2.05) is 6.07 Å². The van der Waals surface area contributed by atoms with Crippen LogP contribution in [0.25, 0.3) is 0 Å². The number of furan rings is 1. The highest BCUT2D eigenvalue weighted by atomic mass is 16.4. The van der Waals surface area contributed by atoms with Crippen molar-refractivity contribution in [3.63, 3.8) is 0 Å². The fourth-order valence-electron chi connectivity index (χ4n) is 2.16. The number of carbonyl (C=O) groups excluding carboxylic acids is 1. The minimum absolute atomic E-state index is 0.0450. The molecule has 0 aliphatic heterocycles. The van der Waals surface area contributed by atoms with Crippen molar-refractivity contribution >= 4 is 11.9 Å². The average molecular weight is 301 g/mol. The van der Waals surface area contributed by atoms with Gasteiger partial charge in [-0.3, -0.25) is 9.59 Å². The molecule has 0 aliphatic rings. The molecule has 1 aromatic carbocycles. The summed E-state index contributed by atoms with van der Waals surface area (Å²) in [6.07, 6.45) is 2.32. The molecule has 5 nitrogen and oxygen atoms in total. The summed E-state index contributed by atoms with van der Waals surface area (Å²) in [4.78, 5) is 23.5. The van der Waals surface area contributed by atoms with Crippen LogP contribution in [-0.4, -0.2) is 23.5 Å². The SMILES string of the molecule is CC(CNC(=O)CCc1ccco1)(C(=O)O)c1ccccc1. The fourth-order valence-corrected chi connectivity index (χ4v) is 2.16. The first kappa shape index (κ1) is 15.8. The molecule has 1 unspecified atom stereocenters. The number of benzene rings is 1. The lowest BCUT2D eigenvalue weighted by Crippen LogP contribution is -2.44. The van der Waals surface area contributed by atoms with Crippen LogP contribution in [0.15, 0.2) is 53.1 Å². The molecular formula is C17H19NO4. The van der Waals surface area contributed by atoms with Gasteiger partial charge in [0.15, 0.2) is 0 Å². The molecule has 0 bridgehead atoms. The maximum absolute atomic E-state index is 11.9. The third-order valence-corrected chi connectivity index (χ3v) is 3.70. The molecule has 2 rings (SSSR count). The number of carboxylic acid groups (broad SMARTS) is 1. The van der Waals surface area contributed by atoms with E-state index >= 15 is 0 Å². The van der Waals surface area contributed by atoms with Crippen LogP contribution in [0.4, 0.5) is 0 Å². The van der Waals surface area contributed by atoms with E-state index in [1.165, 1.54) is 0 Å². The van der Waals surface area contributed by atoms with Crippen LogP contribution in [0.1, 0.15) is 24.7 Å². The maximum Gasteiger partial charge on any atom is 0.315 e. The molecule has 0 aliphatic carbocycles. The Hall–Kier alpha value is -2.56. The number of aliphatic carboxylic acids is 1. The van der Waals surface area contributed by atoms with E-state index in [9.17, 15) is 14.7 Å². The molecule has 1 amide bonds. The van der Waals surface area contributed by atoms with Gasteiger partial charge in [0.05, 0.1) is 6.26 Å². The standard InChI is InChI=1S/C17H19NO4/c1-17(16(20)21,13-6-3-2-4-7-13)12-18-15(19)10-9-14-8-5-11-22-14/h2-8,11H,9-10,12H2,1H3,(H,18,19)(H,20,21). The Bertz CT molecular complexity index is 621. The number of hydrogen-bond donors (Lipinski definition) is 2. The van der Waals surface area contributed by atoms with Crippen molar-refractivity contribution in [3.05, 3.63) is 60.1 Å². The smallest absolute Gasteiger partial charge is 0.315 e. The summed E-state index contributed by atoms with van der Waals surface area (Å²) in [5, 5.41) is 12.2. The van der Waals surface area contributed by atoms with E-state index in [-0.39, 0.29) is 18.9 Å². The second kappa shape index (κ2) is 6.93. The number of rotatable bonds is 7. The molecule has 0 saturated carbocycles. The van der Waals surface area contributed by atoms with Crippen molar-refractivity contribution < 1.29 is 19.1 Å². The maximum atomic E-state index is 11.9. The number of amides is 1. The summed E-state index contributed by atoms with van der Waals surface area (Å²) in [5.74, 6) is -0.427. The lowest BCUT2D eigenvalue weighted by atomic mass is 9.82. The van der Waals surface area contributed by atoms with E-state index in [0.29, 0.717) is 12.0 Å². The van der Waals surface area contributed by atoms with Gasteiger partial charge in [-0.1, -0.05) is 30.3 Å². The molecule has 5 heteroatoms. The van der Waals surface area contributed by atoms with E-state index in [1.54, 1.807) is 49.6 Å². The summed E-state index contributed by atoms with van der Waals surface area (Å²) >= 11 is 0. The van der Waals surface area contributed by atoms with Gasteiger partial charge < -0.3 is 14.8 Å². The van der Waals surface area contributed by atoms with Crippen LogP contribution < -0.4 is 5.32 Å². The Morgan fingerprint density at radius 2 is 1.91 bits per heavy atom. The molecule has 0 spiro atoms. The van der Waals surface area contributed by atoms with Crippen molar-refractivity contribution in [1.82, 2.24) is 5.32 Å². The van der Waals surface area contributed by atoms with Gasteiger partial charge in [-0.15, -0.1) is 0 Å². The minimum atomic E-state index is -1.15. The van der Waals surface area contributed by atoms with Crippen LogP contribution in [0.2, 0.25) is 0 Å². The van der Waals surface area contributed by atoms with Crippen LogP contribution in [0.3, 0.4) is 0 Å². The number of hydrogen-bond acceptors (Lipinski definition) is 3. The third-order valence-electron chi connectivity index (χ3n) is 3.70. The Morgan fingerprint density at radius 1 is 1.18 bits per heavy atom. The number of aryl methyl sites for hydroxylation is 1. The van der Waals surface area contributed by atoms with Gasteiger partial charge in [-0.2, -0.15) is 0 Å². The fraction of sp³-hybridized carbons (Fsp3) is 0.294. The van der Waals surface area contributed by atoms with Gasteiger partial charge in [-0.05, 0) is 24.6 Å². The normalized spacial score (nSPS) is 13.3. The molecule has 0 fully saturated rings. The topological polar surface area (TPSA) is 79.5 Å². The Labute approximate surface area is 129 Å². The molecule has 1 heterocycles. The molecule has 22 heavy (non-hydrogen) atoms. The van der Waals surface area contributed by atoms with Crippen molar-refractivity contribution in [3.8, 4) is 0 Å². The zero-order valence-corrected chi connectivity index (χ0v) is 12.4. The summed E-state index contributed by atoms with van der Waals surface area (Å²) in [6, 6.07) is 12.5. The van der Waals surface area contributed by atoms with Gasteiger partial charge in [0.1, 0.15) is 11.2 Å². The first-order valence-electron chi connectivity index (χ1n) is 7.10. The highest BCUT2D eigenvalue weighted by Gasteiger charge is 2.35. The second-order valence-electron chi connectivity index (χ2n) is 5.36. The molecule has 1 aromatic heterocycles. The Kier molecular flexibility index (Phi) is 4.99. The predicted molar refractivity (Wildman–Crippen MR) is 81.5 cm³/mol. The molecule has 2 aromatic rings. The predicted octanol–water partition coefficient (Wildman–Crippen LogP) is 2.37. The zero-order valence-electron chi connectivity index (χ0n) is 12.4. The number of carboxylic acids is 1. The molecule has 0 radical (unpaired) electrons. The van der Waals surface area contributed by atoms with E-state index < -0.39 is 11.4 Å². The average Bonchev–Trinajstić information content (AvgIpc) is 3.04. The molecule has 0 saturated heterocycles. The Morgan fingerprint density at radius 3 is 2.50 bits per heavy atom. The number of carbonyl (C=O) groups is 2. The van der Waals surface area contributed by atoms with Gasteiger partial charge in [-0.25, -0.2) is 0 Å². The van der Waals surface area contributed by atoms with Crippen molar-refractivity contribution in [2.24, 2.45) is 0 Å². The van der Waals surface area contributed by atoms with Crippen LogP contribution >= 0.6 is 0 Å². The molecule has 1 atom stereocenters. The van der Waals surface area contributed by atoms with Crippen molar-refractivity contribution in [1.29, 1.82) is 0 Å².